The minimum atomic E-state index is -1.13. The van der Waals surface area contributed by atoms with Gasteiger partial charge in [-0.15, -0.1) is 0 Å². The molecular formula is C41H73NO7. The fourth-order valence-corrected chi connectivity index (χ4v) is 5.45. The van der Waals surface area contributed by atoms with Gasteiger partial charge in [0.1, 0.15) is 12.6 Å². The van der Waals surface area contributed by atoms with Crippen molar-refractivity contribution >= 4 is 17.9 Å². The monoisotopic (exact) mass is 692 g/mol. The first-order valence-electron chi connectivity index (χ1n) is 19.5. The lowest BCUT2D eigenvalue weighted by Crippen LogP contribution is -2.55. The van der Waals surface area contributed by atoms with Crippen molar-refractivity contribution in [3.05, 3.63) is 36.5 Å². The lowest BCUT2D eigenvalue weighted by atomic mass is 10.1. The summed E-state index contributed by atoms with van der Waals surface area (Å²) < 4.78 is 17.1. The molecule has 0 aromatic carbocycles. The number of carbonyl (C=O) groups is 3. The molecule has 0 aliphatic rings. The van der Waals surface area contributed by atoms with Gasteiger partial charge in [0, 0.05) is 19.3 Å². The van der Waals surface area contributed by atoms with Gasteiger partial charge in [0.15, 0.2) is 6.10 Å². The third-order valence-corrected chi connectivity index (χ3v) is 8.51. The molecule has 0 saturated heterocycles. The van der Waals surface area contributed by atoms with E-state index < -0.39 is 18.1 Å². The van der Waals surface area contributed by atoms with Crippen LogP contribution < -0.4 is 5.11 Å². The summed E-state index contributed by atoms with van der Waals surface area (Å²) in [7, 11) is 5.38. The number of likely N-dealkylation sites (N-methyl/N-ethyl adjacent to an activating group) is 1. The number of carboxylic acids is 1. The molecule has 0 aromatic rings. The van der Waals surface area contributed by atoms with Gasteiger partial charge in [-0.3, -0.25) is 9.59 Å². The smallest absolute Gasteiger partial charge is 0.306 e. The summed E-state index contributed by atoms with van der Waals surface area (Å²) in [5.41, 5.74) is 0. The molecule has 0 saturated carbocycles. The summed E-state index contributed by atoms with van der Waals surface area (Å²) in [6.07, 6.45) is 34.5. The Labute approximate surface area is 300 Å². The quantitative estimate of drug-likeness (QED) is 0.0288. The maximum absolute atomic E-state index is 12.6. The molecule has 2 unspecified atom stereocenters. The molecule has 0 radical (unpaired) electrons. The number of carboxylic acid groups (broad SMARTS) is 1. The van der Waals surface area contributed by atoms with E-state index in [1.165, 1.54) is 38.5 Å². The molecule has 0 amide bonds. The number of carbonyl (C=O) groups excluding carboxylic acids is 3. The van der Waals surface area contributed by atoms with E-state index in [1.807, 2.05) is 0 Å². The lowest BCUT2D eigenvalue weighted by Gasteiger charge is -2.34. The van der Waals surface area contributed by atoms with Crippen LogP contribution in [-0.2, 0) is 28.6 Å². The van der Waals surface area contributed by atoms with Crippen molar-refractivity contribution in [3.8, 4) is 0 Å². The molecule has 0 rings (SSSR count). The van der Waals surface area contributed by atoms with Crippen LogP contribution in [0.1, 0.15) is 155 Å². The number of nitrogens with zero attached hydrogens (tertiary/aromatic N) is 1. The third-order valence-electron chi connectivity index (χ3n) is 8.51. The predicted octanol–water partition coefficient (Wildman–Crippen LogP) is 8.57. The highest BCUT2D eigenvalue weighted by atomic mass is 16.6. The third kappa shape index (κ3) is 31.3. The van der Waals surface area contributed by atoms with Crippen molar-refractivity contribution in [1.82, 2.24) is 0 Å². The van der Waals surface area contributed by atoms with Gasteiger partial charge in [-0.2, -0.15) is 0 Å². The zero-order valence-corrected chi connectivity index (χ0v) is 32.1. The normalized spacial score (nSPS) is 13.4. The molecule has 0 aliphatic carbocycles. The fourth-order valence-electron chi connectivity index (χ4n) is 5.45. The molecule has 2 atom stereocenters. The summed E-state index contributed by atoms with van der Waals surface area (Å²) in [5.74, 6) is -1.78. The van der Waals surface area contributed by atoms with Crippen molar-refractivity contribution in [3.63, 3.8) is 0 Å². The van der Waals surface area contributed by atoms with Gasteiger partial charge in [0.05, 0.1) is 40.3 Å². The minimum absolute atomic E-state index is 0.0304. The summed E-state index contributed by atoms with van der Waals surface area (Å²) >= 11 is 0. The summed E-state index contributed by atoms with van der Waals surface area (Å²) in [5, 5.41) is 11.6. The van der Waals surface area contributed by atoms with Crippen LogP contribution in [0.2, 0.25) is 0 Å². The molecule has 284 valence electrons. The number of allylic oxidation sites excluding steroid dienone is 6. The SMILES string of the molecule is CC/C=C/C/C=C/CCCCCCCC(=O)OCC(COCCC(C(=O)[O-])[N+](C)(C)C)OC(=O)CCCCC/C=C/CCCCCCCC. The van der Waals surface area contributed by atoms with Crippen molar-refractivity contribution in [2.75, 3.05) is 41.0 Å². The predicted molar refractivity (Wildman–Crippen MR) is 199 cm³/mol. The van der Waals surface area contributed by atoms with E-state index in [-0.39, 0.29) is 42.7 Å². The maximum atomic E-state index is 12.6. The number of hydrogen-bond acceptors (Lipinski definition) is 7. The molecule has 0 heterocycles. The Morgan fingerprint density at radius 2 is 1.14 bits per heavy atom. The number of ether oxygens (including phenoxy) is 3. The molecule has 49 heavy (non-hydrogen) atoms. The second-order valence-electron chi connectivity index (χ2n) is 14.1. The molecule has 0 spiro atoms. The summed E-state index contributed by atoms with van der Waals surface area (Å²) in [6, 6.07) is -0.728. The number of unbranched alkanes of at least 4 members (excludes halogenated alkanes) is 14. The van der Waals surface area contributed by atoms with E-state index in [2.05, 4.69) is 50.3 Å². The number of aliphatic carboxylic acids is 1. The molecule has 0 aliphatic heterocycles. The maximum Gasteiger partial charge on any atom is 0.306 e. The van der Waals surface area contributed by atoms with Crippen LogP contribution in [0.3, 0.4) is 0 Å². The Morgan fingerprint density at radius 1 is 0.633 bits per heavy atom. The van der Waals surface area contributed by atoms with Gasteiger partial charge in [-0.05, 0) is 64.2 Å². The van der Waals surface area contributed by atoms with E-state index >= 15 is 0 Å². The average molecular weight is 692 g/mol. The topological polar surface area (TPSA) is 102 Å². The summed E-state index contributed by atoms with van der Waals surface area (Å²) in [6.45, 7) is 4.49. The van der Waals surface area contributed by atoms with Crippen LogP contribution in [0.15, 0.2) is 36.5 Å². The first kappa shape index (κ1) is 46.5. The van der Waals surface area contributed by atoms with Crippen LogP contribution in [0.25, 0.3) is 0 Å². The standard InChI is InChI=1S/C41H73NO7/c1-6-8-10-12-14-16-18-20-22-24-26-28-30-32-40(44)49-37(35-47-34-33-38(41(45)46)42(3,4)5)36-48-39(43)31-29-27-25-23-21-19-17-15-13-11-9-7-2/h9,11,15,17,20,22,37-38H,6-8,10,12-14,16,18-19,21,23-36H2,1-5H3/b11-9+,17-15+,22-20+. The largest absolute Gasteiger partial charge is 0.544 e. The van der Waals surface area contributed by atoms with Gasteiger partial charge in [0.25, 0.3) is 0 Å². The zero-order valence-electron chi connectivity index (χ0n) is 32.1. The second kappa shape index (κ2) is 32.7. The highest BCUT2D eigenvalue weighted by molar-refractivity contribution is 5.70. The highest BCUT2D eigenvalue weighted by Crippen LogP contribution is 2.12. The molecule has 0 N–H and O–H groups in total. The van der Waals surface area contributed by atoms with Crippen molar-refractivity contribution in [2.45, 2.75) is 167 Å². The molecule has 8 nitrogen and oxygen atoms in total. The first-order chi connectivity index (χ1) is 23.6. The Bertz CT molecular complexity index is 906. The van der Waals surface area contributed by atoms with Crippen LogP contribution in [0.5, 0.6) is 0 Å². The van der Waals surface area contributed by atoms with E-state index in [0.717, 1.165) is 83.5 Å². The van der Waals surface area contributed by atoms with Crippen LogP contribution in [0.4, 0.5) is 0 Å². The van der Waals surface area contributed by atoms with Crippen molar-refractivity contribution < 1.29 is 38.2 Å². The van der Waals surface area contributed by atoms with E-state index in [0.29, 0.717) is 12.8 Å². The molecule has 0 bridgehead atoms. The fraction of sp³-hybridized carbons (Fsp3) is 0.780. The highest BCUT2D eigenvalue weighted by Gasteiger charge is 2.25. The van der Waals surface area contributed by atoms with Crippen LogP contribution in [-0.4, -0.2) is 75.5 Å². The van der Waals surface area contributed by atoms with Gasteiger partial charge < -0.3 is 28.6 Å². The molecule has 0 fully saturated rings. The number of esters is 2. The average Bonchev–Trinajstić information content (AvgIpc) is 3.05. The minimum Gasteiger partial charge on any atom is -0.544 e. The Morgan fingerprint density at radius 3 is 1.71 bits per heavy atom. The van der Waals surface area contributed by atoms with Crippen LogP contribution >= 0.6 is 0 Å². The summed E-state index contributed by atoms with van der Waals surface area (Å²) in [4.78, 5) is 36.6. The van der Waals surface area contributed by atoms with Gasteiger partial charge >= 0.3 is 11.9 Å². The van der Waals surface area contributed by atoms with Crippen molar-refractivity contribution in [2.24, 2.45) is 0 Å². The number of rotatable bonds is 34. The molecule has 8 heteroatoms. The molecule has 0 aromatic heterocycles. The molecular weight excluding hydrogens is 618 g/mol. The first-order valence-corrected chi connectivity index (χ1v) is 19.5. The zero-order chi connectivity index (χ0) is 36.4. The van der Waals surface area contributed by atoms with Crippen LogP contribution in [0, 0.1) is 0 Å². The Hall–Kier alpha value is -2.45. The van der Waals surface area contributed by atoms with Crippen molar-refractivity contribution in [1.29, 1.82) is 0 Å². The van der Waals surface area contributed by atoms with E-state index in [9.17, 15) is 19.5 Å². The number of quaternary nitrogens is 1. The van der Waals surface area contributed by atoms with E-state index in [4.69, 9.17) is 14.2 Å². The van der Waals surface area contributed by atoms with Gasteiger partial charge in [-0.25, -0.2) is 0 Å². The Balaban J connectivity index is 4.46. The van der Waals surface area contributed by atoms with Gasteiger partial charge in [0.2, 0.25) is 0 Å². The Kier molecular flexibility index (Phi) is 31.1. The number of hydrogen-bond donors (Lipinski definition) is 0. The van der Waals surface area contributed by atoms with E-state index in [1.54, 1.807) is 21.1 Å². The lowest BCUT2D eigenvalue weighted by molar-refractivity contribution is -0.889. The van der Waals surface area contributed by atoms with Gasteiger partial charge in [-0.1, -0.05) is 108 Å². The second-order valence-corrected chi connectivity index (χ2v) is 14.1.